The minimum Gasteiger partial charge on any atom is -0.350 e. The van der Waals surface area contributed by atoms with Gasteiger partial charge in [-0.3, -0.25) is 4.79 Å². The molecule has 0 radical (unpaired) electrons. The van der Waals surface area contributed by atoms with Gasteiger partial charge in [-0.1, -0.05) is 36.4 Å². The van der Waals surface area contributed by atoms with Crippen molar-refractivity contribution in [2.24, 2.45) is 5.73 Å². The molecule has 1 atom stereocenters. The zero-order chi connectivity index (χ0) is 14.7. The van der Waals surface area contributed by atoms with Crippen LogP contribution in [0.4, 0.5) is 0 Å². The minimum absolute atomic E-state index is 0.0453. The fourth-order valence-electron chi connectivity index (χ4n) is 2.84. The van der Waals surface area contributed by atoms with E-state index in [2.05, 4.69) is 11.4 Å². The zero-order valence-electron chi connectivity index (χ0n) is 12.0. The molecule has 1 aliphatic carbocycles. The van der Waals surface area contributed by atoms with Gasteiger partial charge in [0.15, 0.2) is 0 Å². The number of fused-ring (bicyclic) bond motifs is 1. The summed E-state index contributed by atoms with van der Waals surface area (Å²) in [5.74, 6) is -0.0453. The smallest absolute Gasteiger partial charge is 0.251 e. The monoisotopic (exact) mass is 280 g/mol. The van der Waals surface area contributed by atoms with E-state index >= 15 is 0 Å². The van der Waals surface area contributed by atoms with Crippen LogP contribution in [-0.2, 0) is 12.8 Å². The number of carbonyl (C=O) groups excluding carboxylic acids is 1. The molecule has 0 fully saturated rings. The molecule has 1 aliphatic rings. The van der Waals surface area contributed by atoms with Crippen LogP contribution in [0.15, 0.2) is 48.5 Å². The highest BCUT2D eigenvalue weighted by Gasteiger charge is 2.14. The fraction of sp³-hybridized carbons (Fsp3) is 0.278. The first-order valence-electron chi connectivity index (χ1n) is 7.44. The second-order valence-electron chi connectivity index (χ2n) is 5.56. The van der Waals surface area contributed by atoms with Crippen LogP contribution in [0.2, 0.25) is 0 Å². The van der Waals surface area contributed by atoms with Crippen molar-refractivity contribution >= 4 is 5.91 Å². The van der Waals surface area contributed by atoms with Crippen LogP contribution in [0.3, 0.4) is 0 Å². The lowest BCUT2D eigenvalue weighted by atomic mass is 10.1. The molecule has 2 aromatic rings. The number of rotatable bonds is 4. The Morgan fingerprint density at radius 2 is 1.86 bits per heavy atom. The summed E-state index contributed by atoms with van der Waals surface area (Å²) in [6.07, 6.45) is 3.41. The number of hydrogen-bond donors (Lipinski definition) is 2. The van der Waals surface area contributed by atoms with Gasteiger partial charge in [0.2, 0.25) is 0 Å². The summed E-state index contributed by atoms with van der Waals surface area (Å²) >= 11 is 0. The Morgan fingerprint density at radius 1 is 1.10 bits per heavy atom. The highest BCUT2D eigenvalue weighted by molar-refractivity contribution is 5.94. The number of nitrogens with two attached hydrogens (primary N) is 1. The maximum atomic E-state index is 12.2. The third kappa shape index (κ3) is 3.14. The van der Waals surface area contributed by atoms with Crippen LogP contribution in [0.1, 0.15) is 39.5 Å². The molecular formula is C18H20N2O. The summed E-state index contributed by atoms with van der Waals surface area (Å²) in [6.45, 7) is 0.444. The van der Waals surface area contributed by atoms with Crippen molar-refractivity contribution in [3.63, 3.8) is 0 Å². The second kappa shape index (κ2) is 6.10. The Morgan fingerprint density at radius 3 is 2.67 bits per heavy atom. The quantitative estimate of drug-likeness (QED) is 0.904. The average Bonchev–Trinajstić information content (AvgIpc) is 3.00. The maximum absolute atomic E-state index is 12.2. The number of amides is 1. The average molecular weight is 280 g/mol. The highest BCUT2D eigenvalue weighted by atomic mass is 16.1. The van der Waals surface area contributed by atoms with Crippen molar-refractivity contribution in [1.82, 2.24) is 5.32 Å². The van der Waals surface area contributed by atoms with Crippen LogP contribution >= 0.6 is 0 Å². The van der Waals surface area contributed by atoms with Crippen molar-refractivity contribution in [3.05, 3.63) is 70.8 Å². The van der Waals surface area contributed by atoms with Gasteiger partial charge in [0.1, 0.15) is 0 Å². The molecule has 3 rings (SSSR count). The number of benzene rings is 2. The molecule has 0 aliphatic heterocycles. The third-order valence-electron chi connectivity index (χ3n) is 4.07. The molecule has 0 saturated carbocycles. The molecule has 3 N–H and O–H groups in total. The summed E-state index contributed by atoms with van der Waals surface area (Å²) in [6, 6.07) is 15.7. The molecule has 0 aromatic heterocycles. The third-order valence-corrected chi connectivity index (χ3v) is 4.07. The minimum atomic E-state index is -0.176. The first kappa shape index (κ1) is 13.8. The Labute approximate surface area is 125 Å². The van der Waals surface area contributed by atoms with Gasteiger partial charge in [-0.15, -0.1) is 0 Å². The molecule has 1 unspecified atom stereocenters. The van der Waals surface area contributed by atoms with Crippen molar-refractivity contribution in [3.8, 4) is 0 Å². The lowest BCUT2D eigenvalue weighted by molar-refractivity contribution is 0.0951. The predicted octanol–water partition coefficient (Wildman–Crippen LogP) is 2.61. The summed E-state index contributed by atoms with van der Waals surface area (Å²) in [5, 5.41) is 2.92. The van der Waals surface area contributed by atoms with Crippen LogP contribution in [0, 0.1) is 0 Å². The zero-order valence-corrected chi connectivity index (χ0v) is 12.0. The standard InChI is InChI=1S/C18H20N2O/c19-17(14-5-2-1-3-6-14)12-20-18(21)16-10-9-13-7-4-8-15(13)11-16/h1-3,5-6,9-11,17H,4,7-8,12,19H2,(H,20,21). The van der Waals surface area contributed by atoms with Crippen LogP contribution in [0.5, 0.6) is 0 Å². The molecule has 1 amide bonds. The van der Waals surface area contributed by atoms with E-state index in [0.29, 0.717) is 6.54 Å². The van der Waals surface area contributed by atoms with Crippen molar-refractivity contribution in [1.29, 1.82) is 0 Å². The second-order valence-corrected chi connectivity index (χ2v) is 5.56. The van der Waals surface area contributed by atoms with Gasteiger partial charge in [-0.05, 0) is 48.1 Å². The molecular weight excluding hydrogens is 260 g/mol. The summed E-state index contributed by atoms with van der Waals surface area (Å²) in [5.41, 5.74) is 10.6. The van der Waals surface area contributed by atoms with Crippen LogP contribution in [0.25, 0.3) is 0 Å². The van der Waals surface area contributed by atoms with Gasteiger partial charge in [0.25, 0.3) is 5.91 Å². The molecule has 108 valence electrons. The Bertz CT molecular complexity index is 637. The summed E-state index contributed by atoms with van der Waals surface area (Å²) in [4.78, 5) is 12.2. The van der Waals surface area contributed by atoms with Crippen LogP contribution in [-0.4, -0.2) is 12.5 Å². The normalized spacial score (nSPS) is 14.5. The van der Waals surface area contributed by atoms with Gasteiger partial charge in [0.05, 0.1) is 0 Å². The molecule has 0 bridgehead atoms. The van der Waals surface area contributed by atoms with Crippen molar-refractivity contribution in [2.75, 3.05) is 6.54 Å². The first-order chi connectivity index (χ1) is 10.2. The summed E-state index contributed by atoms with van der Waals surface area (Å²) in [7, 11) is 0. The molecule has 0 heterocycles. The van der Waals surface area contributed by atoms with Gasteiger partial charge >= 0.3 is 0 Å². The van der Waals surface area contributed by atoms with Gasteiger partial charge in [-0.25, -0.2) is 0 Å². The van der Waals surface area contributed by atoms with E-state index in [9.17, 15) is 4.79 Å². The Kier molecular flexibility index (Phi) is 4.02. The number of nitrogens with one attached hydrogen (secondary N) is 1. The molecule has 3 nitrogen and oxygen atoms in total. The van der Waals surface area contributed by atoms with Crippen molar-refractivity contribution in [2.45, 2.75) is 25.3 Å². The largest absolute Gasteiger partial charge is 0.350 e. The number of carbonyl (C=O) groups is 1. The van der Waals surface area contributed by atoms with Gasteiger partial charge in [0, 0.05) is 18.2 Å². The predicted molar refractivity (Wildman–Crippen MR) is 84.2 cm³/mol. The van der Waals surface area contributed by atoms with E-state index in [1.807, 2.05) is 42.5 Å². The number of aryl methyl sites for hydroxylation is 2. The van der Waals surface area contributed by atoms with Gasteiger partial charge < -0.3 is 11.1 Å². The maximum Gasteiger partial charge on any atom is 0.251 e. The van der Waals surface area contributed by atoms with E-state index in [0.717, 1.165) is 24.0 Å². The molecule has 3 heteroatoms. The number of hydrogen-bond acceptors (Lipinski definition) is 2. The topological polar surface area (TPSA) is 55.1 Å². The van der Waals surface area contributed by atoms with E-state index < -0.39 is 0 Å². The fourth-order valence-corrected chi connectivity index (χ4v) is 2.84. The van der Waals surface area contributed by atoms with Gasteiger partial charge in [-0.2, -0.15) is 0 Å². The van der Waals surface area contributed by atoms with Crippen molar-refractivity contribution < 1.29 is 4.79 Å². The first-order valence-corrected chi connectivity index (χ1v) is 7.44. The van der Waals surface area contributed by atoms with E-state index in [1.165, 1.54) is 17.5 Å². The van der Waals surface area contributed by atoms with E-state index in [1.54, 1.807) is 0 Å². The summed E-state index contributed by atoms with van der Waals surface area (Å²) < 4.78 is 0. The molecule has 0 spiro atoms. The molecule has 0 saturated heterocycles. The molecule has 2 aromatic carbocycles. The highest BCUT2D eigenvalue weighted by Crippen LogP contribution is 2.22. The SMILES string of the molecule is NC(CNC(=O)c1ccc2c(c1)CCC2)c1ccccc1. The lowest BCUT2D eigenvalue weighted by Gasteiger charge is -2.13. The Hall–Kier alpha value is -2.13. The lowest BCUT2D eigenvalue weighted by Crippen LogP contribution is -2.31. The van der Waals surface area contributed by atoms with E-state index in [4.69, 9.17) is 5.73 Å². The molecule has 21 heavy (non-hydrogen) atoms. The Balaban J connectivity index is 1.62. The van der Waals surface area contributed by atoms with Crippen LogP contribution < -0.4 is 11.1 Å². The van der Waals surface area contributed by atoms with E-state index in [-0.39, 0.29) is 11.9 Å².